The van der Waals surface area contributed by atoms with E-state index >= 15 is 0 Å². The third-order valence-electron chi connectivity index (χ3n) is 3.17. The van der Waals surface area contributed by atoms with E-state index in [1.807, 2.05) is 36.4 Å². The molecule has 2 aromatic heterocycles. The van der Waals surface area contributed by atoms with Gasteiger partial charge in [-0.2, -0.15) is 8.42 Å². The molecule has 3 aromatic rings. The van der Waals surface area contributed by atoms with Gasteiger partial charge in [0.15, 0.2) is 5.76 Å². The monoisotopic (exact) mass is 330 g/mol. The van der Waals surface area contributed by atoms with E-state index in [-0.39, 0.29) is 6.61 Å². The van der Waals surface area contributed by atoms with Gasteiger partial charge < -0.3 is 4.52 Å². The molecule has 0 saturated heterocycles. The zero-order chi connectivity index (χ0) is 16.3. The van der Waals surface area contributed by atoms with Crippen LogP contribution in [0.2, 0.25) is 0 Å². The summed E-state index contributed by atoms with van der Waals surface area (Å²) in [5.74, 6) is 0.351. The predicted octanol–water partition coefficient (Wildman–Crippen LogP) is 2.88. The smallest absolute Gasteiger partial charge is 0.264 e. The topological polar surface area (TPSA) is 82.3 Å². The Kier molecular flexibility index (Phi) is 4.22. The molecule has 0 unspecified atom stereocenters. The molecule has 6 nitrogen and oxygen atoms in total. The first-order chi connectivity index (χ1) is 11.0. The average molecular weight is 330 g/mol. The molecule has 118 valence electrons. The van der Waals surface area contributed by atoms with Gasteiger partial charge in [-0.3, -0.25) is 9.17 Å². The molecule has 7 heteroatoms. The molecule has 0 bridgehead atoms. The normalized spacial score (nSPS) is 11.5. The number of aromatic nitrogens is 2. The van der Waals surface area contributed by atoms with Crippen molar-refractivity contribution in [2.45, 2.75) is 6.61 Å². The number of hydrogen-bond acceptors (Lipinski definition) is 6. The molecule has 0 aliphatic rings. The maximum Gasteiger partial charge on any atom is 0.264 e. The van der Waals surface area contributed by atoms with Crippen LogP contribution in [0.3, 0.4) is 0 Å². The fourth-order valence-corrected chi connectivity index (χ4v) is 2.39. The Morgan fingerprint density at radius 1 is 1.00 bits per heavy atom. The van der Waals surface area contributed by atoms with Gasteiger partial charge in [0.2, 0.25) is 0 Å². The first kappa shape index (κ1) is 15.4. The summed E-state index contributed by atoms with van der Waals surface area (Å²) < 4.78 is 31.7. The third-order valence-corrected chi connectivity index (χ3v) is 3.71. The van der Waals surface area contributed by atoms with Crippen LogP contribution in [0, 0.1) is 0 Å². The van der Waals surface area contributed by atoms with Crippen LogP contribution < -0.4 is 0 Å². The molecule has 3 rings (SSSR count). The molecule has 0 spiro atoms. The maximum absolute atomic E-state index is 11.0. The summed E-state index contributed by atoms with van der Waals surface area (Å²) in [6.45, 7) is -0.166. The predicted molar refractivity (Wildman–Crippen MR) is 84.8 cm³/mol. The van der Waals surface area contributed by atoms with Crippen LogP contribution in [0.1, 0.15) is 5.76 Å². The first-order valence-corrected chi connectivity index (χ1v) is 8.64. The highest BCUT2D eigenvalue weighted by Gasteiger charge is 2.10. The highest BCUT2D eigenvalue weighted by Crippen LogP contribution is 2.24. The lowest BCUT2D eigenvalue weighted by Crippen LogP contribution is -2.01. The number of benzene rings is 1. The molecule has 0 fully saturated rings. The van der Waals surface area contributed by atoms with E-state index in [1.165, 1.54) is 0 Å². The molecule has 0 saturated carbocycles. The largest absolute Gasteiger partial charge is 0.358 e. The van der Waals surface area contributed by atoms with Gasteiger partial charge >= 0.3 is 0 Å². The van der Waals surface area contributed by atoms with Gasteiger partial charge in [-0.15, -0.1) is 0 Å². The van der Waals surface area contributed by atoms with Gasteiger partial charge in [-0.05, 0) is 23.3 Å². The minimum Gasteiger partial charge on any atom is -0.358 e. The number of nitrogens with zero attached hydrogens (tertiary/aromatic N) is 2. The van der Waals surface area contributed by atoms with Crippen molar-refractivity contribution in [3.05, 3.63) is 60.6 Å². The van der Waals surface area contributed by atoms with Gasteiger partial charge in [-0.1, -0.05) is 29.4 Å². The fourth-order valence-electron chi connectivity index (χ4n) is 2.06. The van der Waals surface area contributed by atoms with E-state index in [2.05, 4.69) is 14.3 Å². The standard InChI is InChI=1S/C16H14N2O4S/c1-23(19,20)21-11-15-10-16(18-22-15)14-4-2-12(3-5-14)13-6-8-17-9-7-13/h2-10H,11H2,1H3. The SMILES string of the molecule is CS(=O)(=O)OCc1cc(-c2ccc(-c3ccncc3)cc2)no1. The summed E-state index contributed by atoms with van der Waals surface area (Å²) in [4.78, 5) is 4.00. The van der Waals surface area contributed by atoms with Crippen molar-refractivity contribution in [1.82, 2.24) is 10.1 Å². The Morgan fingerprint density at radius 3 is 2.26 bits per heavy atom. The Labute approximate surface area is 133 Å². The summed E-state index contributed by atoms with van der Waals surface area (Å²) in [5, 5.41) is 3.93. The lowest BCUT2D eigenvalue weighted by molar-refractivity contribution is 0.256. The molecule has 0 aliphatic heterocycles. The summed E-state index contributed by atoms with van der Waals surface area (Å²) >= 11 is 0. The van der Waals surface area contributed by atoms with Crippen LogP contribution >= 0.6 is 0 Å². The van der Waals surface area contributed by atoms with Crippen LogP contribution in [-0.2, 0) is 20.9 Å². The van der Waals surface area contributed by atoms with E-state index in [1.54, 1.807) is 18.5 Å². The van der Waals surface area contributed by atoms with Crippen molar-refractivity contribution < 1.29 is 17.1 Å². The second-order valence-corrected chi connectivity index (χ2v) is 6.60. The Hall–Kier alpha value is -2.51. The quantitative estimate of drug-likeness (QED) is 0.669. The fraction of sp³-hybridized carbons (Fsp3) is 0.125. The molecule has 0 aliphatic carbocycles. The summed E-state index contributed by atoms with van der Waals surface area (Å²) in [6, 6.07) is 13.3. The molecule has 1 aromatic carbocycles. The lowest BCUT2D eigenvalue weighted by Gasteiger charge is -2.02. The maximum atomic E-state index is 11.0. The van der Waals surface area contributed by atoms with Crippen LogP contribution in [0.25, 0.3) is 22.4 Å². The second-order valence-electron chi connectivity index (χ2n) is 4.96. The summed E-state index contributed by atoms with van der Waals surface area (Å²) in [6.07, 6.45) is 4.48. The zero-order valence-electron chi connectivity index (χ0n) is 12.3. The molecular weight excluding hydrogens is 316 g/mol. The second kappa shape index (κ2) is 6.31. The number of rotatable bonds is 5. The lowest BCUT2D eigenvalue weighted by atomic mass is 10.0. The third kappa shape index (κ3) is 4.02. The van der Waals surface area contributed by atoms with Crippen LogP contribution in [0.5, 0.6) is 0 Å². The minimum absolute atomic E-state index is 0.166. The van der Waals surface area contributed by atoms with E-state index in [0.29, 0.717) is 11.5 Å². The van der Waals surface area contributed by atoms with E-state index in [9.17, 15) is 8.42 Å². The van der Waals surface area contributed by atoms with Crippen molar-refractivity contribution >= 4 is 10.1 Å². The van der Waals surface area contributed by atoms with E-state index in [0.717, 1.165) is 22.9 Å². The number of hydrogen-bond donors (Lipinski definition) is 0. The van der Waals surface area contributed by atoms with Crippen molar-refractivity contribution in [2.24, 2.45) is 0 Å². The molecule has 23 heavy (non-hydrogen) atoms. The molecular formula is C16H14N2O4S. The summed E-state index contributed by atoms with van der Waals surface area (Å²) in [7, 11) is -3.51. The van der Waals surface area contributed by atoms with Gasteiger partial charge in [0.25, 0.3) is 10.1 Å². The molecule has 2 heterocycles. The highest BCUT2D eigenvalue weighted by molar-refractivity contribution is 7.85. The molecule has 0 N–H and O–H groups in total. The van der Waals surface area contributed by atoms with Gasteiger partial charge in [0, 0.05) is 24.0 Å². The van der Waals surface area contributed by atoms with E-state index in [4.69, 9.17) is 4.52 Å². The Bertz CT molecular complexity index is 887. The van der Waals surface area contributed by atoms with Crippen LogP contribution in [0.15, 0.2) is 59.4 Å². The van der Waals surface area contributed by atoms with Crippen LogP contribution in [-0.4, -0.2) is 24.8 Å². The zero-order valence-corrected chi connectivity index (χ0v) is 13.2. The minimum atomic E-state index is -3.51. The van der Waals surface area contributed by atoms with Gasteiger partial charge in [0.1, 0.15) is 12.3 Å². The average Bonchev–Trinajstić information content (AvgIpc) is 3.02. The molecule has 0 radical (unpaired) electrons. The Morgan fingerprint density at radius 2 is 1.61 bits per heavy atom. The van der Waals surface area contributed by atoms with Crippen molar-refractivity contribution in [1.29, 1.82) is 0 Å². The number of pyridine rings is 1. The van der Waals surface area contributed by atoms with Gasteiger partial charge in [0.05, 0.1) is 6.26 Å². The van der Waals surface area contributed by atoms with Gasteiger partial charge in [-0.25, -0.2) is 0 Å². The van der Waals surface area contributed by atoms with Crippen molar-refractivity contribution in [2.75, 3.05) is 6.26 Å². The van der Waals surface area contributed by atoms with Crippen LogP contribution in [0.4, 0.5) is 0 Å². The molecule has 0 atom stereocenters. The van der Waals surface area contributed by atoms with E-state index < -0.39 is 10.1 Å². The van der Waals surface area contributed by atoms with Crippen molar-refractivity contribution in [3.8, 4) is 22.4 Å². The molecule has 0 amide bonds. The van der Waals surface area contributed by atoms with Crippen molar-refractivity contribution in [3.63, 3.8) is 0 Å². The summed E-state index contributed by atoms with van der Waals surface area (Å²) in [5.41, 5.74) is 3.64. The highest BCUT2D eigenvalue weighted by atomic mass is 32.2. The first-order valence-electron chi connectivity index (χ1n) is 6.82. The Balaban J connectivity index is 1.76.